The van der Waals surface area contributed by atoms with E-state index >= 15 is 0 Å². The average Bonchev–Trinajstić information content (AvgIpc) is 2.76. The van der Waals surface area contributed by atoms with E-state index in [1.807, 2.05) is 13.8 Å². The van der Waals surface area contributed by atoms with Gasteiger partial charge in [-0.1, -0.05) is 54.9 Å². The van der Waals surface area contributed by atoms with Gasteiger partial charge in [0.2, 0.25) is 6.10 Å². The van der Waals surface area contributed by atoms with Crippen LogP contribution in [-0.4, -0.2) is 21.7 Å². The van der Waals surface area contributed by atoms with Crippen LogP contribution in [0.25, 0.3) is 0 Å². The summed E-state index contributed by atoms with van der Waals surface area (Å²) in [5.41, 5.74) is 1.48. The van der Waals surface area contributed by atoms with Crippen molar-refractivity contribution in [3.8, 4) is 0 Å². The lowest BCUT2D eigenvalue weighted by Gasteiger charge is -2.18. The van der Waals surface area contributed by atoms with Gasteiger partial charge >= 0.3 is 5.97 Å². The molecular formula is C23H22ClN3O4. The first-order valence-electron chi connectivity index (χ1n) is 9.80. The lowest BCUT2D eigenvalue weighted by molar-refractivity contribution is -0.125. The smallest absolute Gasteiger partial charge is 0.359 e. The Kier molecular flexibility index (Phi) is 7.20. The number of nitrogens with zero attached hydrogens (tertiary/aromatic N) is 2. The van der Waals surface area contributed by atoms with Crippen LogP contribution >= 0.6 is 11.6 Å². The topological polar surface area (TPSA) is 90.3 Å². The molecule has 1 N–H and O–H groups in total. The van der Waals surface area contributed by atoms with E-state index in [1.165, 1.54) is 16.8 Å². The van der Waals surface area contributed by atoms with Gasteiger partial charge in [-0.2, -0.15) is 5.10 Å². The first kappa shape index (κ1) is 22.2. The Balaban J connectivity index is 1.86. The summed E-state index contributed by atoms with van der Waals surface area (Å²) >= 11 is 6.14. The SMILES string of the molecule is CCCn1nc(C(=O)OC(C(=O)Nc2ccc(C)c(Cl)c2)c2ccccc2)ccc1=O. The van der Waals surface area contributed by atoms with Crippen molar-refractivity contribution in [3.05, 3.63) is 92.9 Å². The number of aromatic nitrogens is 2. The predicted octanol–water partition coefficient (Wildman–Crippen LogP) is 4.15. The average molecular weight is 440 g/mol. The van der Waals surface area contributed by atoms with E-state index in [0.717, 1.165) is 5.56 Å². The summed E-state index contributed by atoms with van der Waals surface area (Å²) in [6.45, 7) is 4.12. The Labute approximate surface area is 184 Å². The van der Waals surface area contributed by atoms with Crippen molar-refractivity contribution in [2.24, 2.45) is 0 Å². The number of ether oxygens (including phenoxy) is 1. The quantitative estimate of drug-likeness (QED) is 0.558. The maximum atomic E-state index is 13.0. The van der Waals surface area contributed by atoms with Crippen LogP contribution in [0.15, 0.2) is 65.5 Å². The summed E-state index contributed by atoms with van der Waals surface area (Å²) < 4.78 is 6.72. The lowest BCUT2D eigenvalue weighted by Crippen LogP contribution is -2.28. The Morgan fingerprint density at radius 3 is 2.55 bits per heavy atom. The number of aryl methyl sites for hydroxylation is 2. The third-order valence-corrected chi connectivity index (χ3v) is 4.92. The second-order valence-electron chi connectivity index (χ2n) is 6.93. The first-order chi connectivity index (χ1) is 14.9. The fourth-order valence-corrected chi connectivity index (χ4v) is 3.06. The van der Waals surface area contributed by atoms with Gasteiger partial charge in [0, 0.05) is 28.9 Å². The minimum absolute atomic E-state index is 0.0554. The summed E-state index contributed by atoms with van der Waals surface area (Å²) in [5, 5.41) is 7.29. The number of esters is 1. The molecular weight excluding hydrogens is 418 g/mol. The molecule has 1 atom stereocenters. The van der Waals surface area contributed by atoms with Crippen LogP contribution in [0.2, 0.25) is 5.02 Å². The normalized spacial score (nSPS) is 11.6. The third-order valence-electron chi connectivity index (χ3n) is 4.52. The van der Waals surface area contributed by atoms with Gasteiger partial charge < -0.3 is 10.1 Å². The lowest BCUT2D eigenvalue weighted by atomic mass is 10.1. The van der Waals surface area contributed by atoms with Crippen molar-refractivity contribution in [1.29, 1.82) is 0 Å². The van der Waals surface area contributed by atoms with Crippen LogP contribution in [0, 0.1) is 6.92 Å². The summed E-state index contributed by atoms with van der Waals surface area (Å²) in [5.74, 6) is -1.35. The number of carbonyl (C=O) groups is 2. The van der Waals surface area contributed by atoms with Gasteiger partial charge in [0.25, 0.3) is 11.5 Å². The molecule has 3 rings (SSSR count). The second-order valence-corrected chi connectivity index (χ2v) is 7.34. The molecule has 0 radical (unpaired) electrons. The molecule has 8 heteroatoms. The van der Waals surface area contributed by atoms with Gasteiger partial charge in [-0.25, -0.2) is 9.48 Å². The third kappa shape index (κ3) is 5.58. The van der Waals surface area contributed by atoms with Crippen molar-refractivity contribution < 1.29 is 14.3 Å². The number of nitrogens with one attached hydrogen (secondary N) is 1. The van der Waals surface area contributed by atoms with Gasteiger partial charge in [-0.15, -0.1) is 0 Å². The molecule has 3 aromatic rings. The minimum Gasteiger partial charge on any atom is -0.442 e. The molecule has 0 bridgehead atoms. The molecule has 7 nitrogen and oxygen atoms in total. The van der Waals surface area contributed by atoms with Gasteiger partial charge in [0.1, 0.15) is 0 Å². The van der Waals surface area contributed by atoms with Crippen molar-refractivity contribution in [2.45, 2.75) is 32.9 Å². The second kappa shape index (κ2) is 10.0. The van der Waals surface area contributed by atoms with E-state index in [-0.39, 0.29) is 11.3 Å². The van der Waals surface area contributed by atoms with Gasteiger partial charge in [0.15, 0.2) is 5.69 Å². The maximum absolute atomic E-state index is 13.0. The molecule has 0 spiro atoms. The number of hydrogen-bond acceptors (Lipinski definition) is 5. The van der Waals surface area contributed by atoms with E-state index < -0.39 is 18.0 Å². The van der Waals surface area contributed by atoms with Crippen molar-refractivity contribution >= 4 is 29.2 Å². The monoisotopic (exact) mass is 439 g/mol. The molecule has 0 fully saturated rings. The molecule has 31 heavy (non-hydrogen) atoms. The zero-order valence-electron chi connectivity index (χ0n) is 17.2. The van der Waals surface area contributed by atoms with Crippen LogP contribution in [0.3, 0.4) is 0 Å². The van der Waals surface area contributed by atoms with Crippen molar-refractivity contribution in [3.63, 3.8) is 0 Å². The van der Waals surface area contributed by atoms with E-state index in [1.54, 1.807) is 48.5 Å². The molecule has 1 heterocycles. The zero-order valence-corrected chi connectivity index (χ0v) is 17.9. The summed E-state index contributed by atoms with van der Waals surface area (Å²) in [6, 6.07) is 16.3. The fraction of sp³-hybridized carbons (Fsp3) is 0.217. The molecule has 1 unspecified atom stereocenters. The Bertz CT molecular complexity index is 1150. The van der Waals surface area contributed by atoms with E-state index in [2.05, 4.69) is 10.4 Å². The van der Waals surface area contributed by atoms with E-state index in [4.69, 9.17) is 16.3 Å². The molecule has 1 amide bonds. The van der Waals surface area contributed by atoms with Crippen LogP contribution in [0.5, 0.6) is 0 Å². The number of benzene rings is 2. The van der Waals surface area contributed by atoms with Gasteiger partial charge in [0.05, 0.1) is 0 Å². The van der Waals surface area contributed by atoms with Crippen LogP contribution in [0.1, 0.15) is 41.1 Å². The molecule has 2 aromatic carbocycles. The number of halogens is 1. The highest BCUT2D eigenvalue weighted by Gasteiger charge is 2.27. The Morgan fingerprint density at radius 1 is 1.13 bits per heavy atom. The fourth-order valence-electron chi connectivity index (χ4n) is 2.88. The highest BCUT2D eigenvalue weighted by atomic mass is 35.5. The van der Waals surface area contributed by atoms with Gasteiger partial charge in [-0.05, 0) is 37.1 Å². The number of rotatable bonds is 7. The number of amides is 1. The maximum Gasteiger partial charge on any atom is 0.359 e. The largest absolute Gasteiger partial charge is 0.442 e. The molecule has 0 saturated heterocycles. The standard InChI is InChI=1S/C23H22ClN3O4/c1-3-13-27-20(28)12-11-19(26-27)23(30)31-21(16-7-5-4-6-8-16)22(29)25-17-10-9-15(2)18(24)14-17/h4-12,14,21H,3,13H2,1-2H3,(H,25,29). The first-order valence-corrected chi connectivity index (χ1v) is 10.2. The highest BCUT2D eigenvalue weighted by Crippen LogP contribution is 2.24. The Morgan fingerprint density at radius 2 is 1.87 bits per heavy atom. The summed E-state index contributed by atoms with van der Waals surface area (Å²) in [4.78, 5) is 37.6. The zero-order chi connectivity index (χ0) is 22.4. The Hall–Kier alpha value is -3.45. The molecule has 0 aliphatic rings. The number of carbonyl (C=O) groups excluding carboxylic acids is 2. The highest BCUT2D eigenvalue weighted by molar-refractivity contribution is 6.31. The van der Waals surface area contributed by atoms with Crippen LogP contribution < -0.4 is 10.9 Å². The molecule has 0 aliphatic heterocycles. The van der Waals surface area contributed by atoms with Crippen molar-refractivity contribution in [2.75, 3.05) is 5.32 Å². The summed E-state index contributed by atoms with van der Waals surface area (Å²) in [6.07, 6.45) is -0.540. The predicted molar refractivity (Wildman–Crippen MR) is 118 cm³/mol. The van der Waals surface area contributed by atoms with Crippen LogP contribution in [-0.2, 0) is 16.1 Å². The molecule has 0 aliphatic carbocycles. The van der Waals surface area contributed by atoms with Crippen LogP contribution in [0.4, 0.5) is 5.69 Å². The molecule has 0 saturated carbocycles. The molecule has 1 aromatic heterocycles. The number of hydrogen-bond donors (Lipinski definition) is 1. The van der Waals surface area contributed by atoms with E-state index in [0.29, 0.717) is 29.2 Å². The number of anilines is 1. The molecule has 160 valence electrons. The van der Waals surface area contributed by atoms with Gasteiger partial charge in [-0.3, -0.25) is 9.59 Å². The van der Waals surface area contributed by atoms with Crippen molar-refractivity contribution in [1.82, 2.24) is 9.78 Å². The minimum atomic E-state index is -1.22. The summed E-state index contributed by atoms with van der Waals surface area (Å²) in [7, 11) is 0. The van der Waals surface area contributed by atoms with E-state index in [9.17, 15) is 14.4 Å².